The van der Waals surface area contributed by atoms with Crippen LogP contribution in [0.25, 0.3) is 0 Å². The first-order chi connectivity index (χ1) is 25.4. The van der Waals surface area contributed by atoms with Gasteiger partial charge >= 0.3 is 0 Å². The van der Waals surface area contributed by atoms with Gasteiger partial charge in [-0.3, -0.25) is 68.8 Å². The van der Waals surface area contributed by atoms with Crippen molar-refractivity contribution in [2.45, 2.75) is 50.6 Å². The van der Waals surface area contributed by atoms with Gasteiger partial charge in [0.1, 0.15) is 0 Å². The average molecular weight is 769 g/mol. The molecular weight excluding hydrogens is 724 g/mol. The maximum atomic E-state index is 11.7. The van der Waals surface area contributed by atoms with Gasteiger partial charge < -0.3 is 33.6 Å². The number of amides is 10. The average Bonchev–Trinajstić information content (AvgIpc) is 3.83. The molecule has 4 rings (SSSR count). The first kappa shape index (κ1) is 48.1. The Kier molecular flexibility index (Phi) is 23.2. The molecule has 10 amide bonds. The molecule has 4 aliphatic heterocycles. The maximum absolute atomic E-state index is 11.7. The van der Waals surface area contributed by atoms with Crippen LogP contribution in [0.4, 0.5) is 0 Å². The van der Waals surface area contributed by atoms with Crippen LogP contribution in [0.5, 0.6) is 0 Å². The van der Waals surface area contributed by atoms with Gasteiger partial charge in [0.2, 0.25) is 11.8 Å². The van der Waals surface area contributed by atoms with Gasteiger partial charge in [-0.1, -0.05) is 12.8 Å². The molecule has 2 unspecified atom stereocenters. The van der Waals surface area contributed by atoms with Crippen LogP contribution in [-0.4, -0.2) is 138 Å². The van der Waals surface area contributed by atoms with Gasteiger partial charge in [-0.15, -0.1) is 20.3 Å². The van der Waals surface area contributed by atoms with Gasteiger partial charge in [-0.05, 0) is 38.8 Å². The number of nitrogens with two attached hydrogens (primary N) is 4. The second-order valence-corrected chi connectivity index (χ2v) is 10.7. The van der Waals surface area contributed by atoms with Crippen molar-refractivity contribution in [3.05, 3.63) is 48.6 Å². The Morgan fingerprint density at radius 2 is 0.667 bits per heavy atom. The van der Waals surface area contributed by atoms with Gasteiger partial charge in [0.05, 0.1) is 12.1 Å². The van der Waals surface area contributed by atoms with Crippen LogP contribution in [0.2, 0.25) is 0 Å². The SMILES string of the molecule is NCCCCC(N)C(=O)NCCNC(=O)C(N)CCCCN.O=C1C=CC(=O)N1O.O=C1C=CC(=O)N1O.O=C1C=CC(=O)N1O.O=C1C=CC(=O)N1O. The first-order valence-electron chi connectivity index (χ1n) is 15.9. The monoisotopic (exact) mass is 768 g/mol. The minimum Gasteiger partial charge on any atom is -0.353 e. The third-order valence-corrected chi connectivity index (χ3v) is 6.48. The molecule has 4 heterocycles. The van der Waals surface area contributed by atoms with E-state index in [4.69, 9.17) is 43.8 Å². The quantitative estimate of drug-likeness (QED) is 0.0478. The lowest BCUT2D eigenvalue weighted by Crippen LogP contribution is -2.46. The van der Waals surface area contributed by atoms with E-state index in [2.05, 4.69) is 10.6 Å². The highest BCUT2D eigenvalue weighted by Crippen LogP contribution is 2.00. The van der Waals surface area contributed by atoms with Crippen molar-refractivity contribution in [2.24, 2.45) is 22.9 Å². The van der Waals surface area contributed by atoms with E-state index in [-0.39, 0.29) is 32.1 Å². The Bertz CT molecular complexity index is 1250. The van der Waals surface area contributed by atoms with Gasteiger partial charge in [0.25, 0.3) is 47.3 Å². The molecule has 54 heavy (non-hydrogen) atoms. The fraction of sp³-hybridized carbons (Fsp3) is 0.400. The van der Waals surface area contributed by atoms with Crippen LogP contribution in [-0.2, 0) is 47.9 Å². The molecule has 0 radical (unpaired) electrons. The zero-order valence-electron chi connectivity index (χ0n) is 28.8. The molecule has 0 spiro atoms. The zero-order valence-corrected chi connectivity index (χ0v) is 28.8. The molecule has 298 valence electrons. The number of unbranched alkanes of at least 4 members (excludes halogenated alkanes) is 2. The number of nitrogens with one attached hydrogen (secondary N) is 2. The van der Waals surface area contributed by atoms with Crippen molar-refractivity contribution in [2.75, 3.05) is 26.2 Å². The van der Waals surface area contributed by atoms with Crippen LogP contribution in [0, 0.1) is 0 Å². The minimum absolute atomic E-state index is 0.0556. The first-order valence-corrected chi connectivity index (χ1v) is 15.9. The predicted molar refractivity (Wildman–Crippen MR) is 179 cm³/mol. The minimum atomic E-state index is -0.685. The molecular formula is C30H44N10O14. The van der Waals surface area contributed by atoms with E-state index in [0.717, 1.165) is 74.3 Å². The van der Waals surface area contributed by atoms with Crippen molar-refractivity contribution in [3.8, 4) is 0 Å². The van der Waals surface area contributed by atoms with E-state index < -0.39 is 59.3 Å². The maximum Gasteiger partial charge on any atom is 0.277 e. The molecule has 2 atom stereocenters. The number of carbonyl (C=O) groups excluding carboxylic acids is 10. The third-order valence-electron chi connectivity index (χ3n) is 6.48. The standard InChI is InChI=1S/C14H32N6O2.4C4H3NO3/c15-7-3-1-5-11(17)13(21)19-9-10-20-14(22)12(18)6-2-4-8-16;4*6-3-1-2-4(7)5(3)8/h11-12H,1-10,15-18H2,(H,19,21)(H,20,22);4*1-2,8H. The Labute approximate surface area is 307 Å². The van der Waals surface area contributed by atoms with Crippen molar-refractivity contribution >= 4 is 59.1 Å². The summed E-state index contributed by atoms with van der Waals surface area (Å²) in [6, 6.07) is -1.05. The Balaban J connectivity index is 0.000000717. The van der Waals surface area contributed by atoms with E-state index >= 15 is 0 Å². The van der Waals surface area contributed by atoms with Gasteiger partial charge in [0, 0.05) is 61.7 Å². The van der Waals surface area contributed by atoms with Crippen molar-refractivity contribution in [3.63, 3.8) is 0 Å². The van der Waals surface area contributed by atoms with E-state index in [0.29, 0.717) is 39.0 Å². The molecule has 0 saturated carbocycles. The Morgan fingerprint density at radius 1 is 0.463 bits per heavy atom. The smallest absolute Gasteiger partial charge is 0.277 e. The number of hydroxylamine groups is 8. The van der Waals surface area contributed by atoms with E-state index in [1.807, 2.05) is 0 Å². The number of nitrogens with zero attached hydrogens (tertiary/aromatic N) is 4. The lowest BCUT2D eigenvalue weighted by Gasteiger charge is -2.14. The summed E-state index contributed by atoms with van der Waals surface area (Å²) in [5.41, 5.74) is 22.3. The fourth-order valence-electron chi connectivity index (χ4n) is 3.48. The number of hydrogen-bond acceptors (Lipinski definition) is 18. The van der Waals surface area contributed by atoms with Crippen LogP contribution in [0.1, 0.15) is 38.5 Å². The largest absolute Gasteiger partial charge is 0.353 e. The van der Waals surface area contributed by atoms with Crippen LogP contribution < -0.4 is 33.6 Å². The van der Waals surface area contributed by atoms with Gasteiger partial charge in [-0.25, -0.2) is 0 Å². The molecule has 4 aliphatic rings. The summed E-state index contributed by atoms with van der Waals surface area (Å²) in [6.07, 6.45) is 12.6. The molecule has 0 aromatic carbocycles. The van der Waals surface area contributed by atoms with Gasteiger partial charge in [-0.2, -0.15) is 0 Å². The number of carbonyl (C=O) groups is 10. The molecule has 24 heteroatoms. The summed E-state index contributed by atoms with van der Waals surface area (Å²) in [5.74, 6) is -5.90. The van der Waals surface area contributed by atoms with E-state index in [1.165, 1.54) is 0 Å². The molecule has 0 saturated heterocycles. The molecule has 0 fully saturated rings. The summed E-state index contributed by atoms with van der Waals surface area (Å²) in [7, 11) is 0. The van der Waals surface area contributed by atoms with Gasteiger partial charge in [0.15, 0.2) is 0 Å². The topological polar surface area (TPSA) is 393 Å². The predicted octanol–water partition coefficient (Wildman–Crippen LogP) is -4.67. The number of hydrogen-bond donors (Lipinski definition) is 10. The van der Waals surface area contributed by atoms with E-state index in [9.17, 15) is 47.9 Å². The summed E-state index contributed by atoms with van der Waals surface area (Å²) >= 11 is 0. The highest BCUT2D eigenvalue weighted by molar-refractivity contribution is 6.13. The van der Waals surface area contributed by atoms with Crippen LogP contribution >= 0.6 is 0 Å². The Hall–Kier alpha value is -5.86. The molecule has 0 aromatic heterocycles. The summed E-state index contributed by atoms with van der Waals surface area (Å²) < 4.78 is 0. The highest BCUT2D eigenvalue weighted by atomic mass is 16.5. The summed E-state index contributed by atoms with van der Waals surface area (Å²) in [6.45, 7) is 1.88. The zero-order chi connectivity index (χ0) is 41.4. The second kappa shape index (κ2) is 26.0. The van der Waals surface area contributed by atoms with E-state index in [1.54, 1.807) is 0 Å². The molecule has 0 aliphatic carbocycles. The summed E-state index contributed by atoms with van der Waals surface area (Å²) in [5, 5.41) is 39.0. The molecule has 0 aromatic rings. The second-order valence-electron chi connectivity index (χ2n) is 10.7. The normalized spacial score (nSPS) is 16.4. The van der Waals surface area contributed by atoms with Crippen LogP contribution in [0.15, 0.2) is 48.6 Å². The molecule has 0 bridgehead atoms. The Morgan fingerprint density at radius 3 is 0.815 bits per heavy atom. The molecule has 14 N–H and O–H groups in total. The number of rotatable bonds is 13. The van der Waals surface area contributed by atoms with Crippen molar-refractivity contribution in [1.82, 2.24) is 30.9 Å². The number of imide groups is 4. The highest BCUT2D eigenvalue weighted by Gasteiger charge is 2.22. The third kappa shape index (κ3) is 18.6. The summed E-state index contributed by atoms with van der Waals surface area (Å²) in [4.78, 5) is 105. The fourth-order valence-corrected chi connectivity index (χ4v) is 3.48. The van der Waals surface area contributed by atoms with Crippen LogP contribution in [0.3, 0.4) is 0 Å². The van der Waals surface area contributed by atoms with Crippen molar-refractivity contribution in [1.29, 1.82) is 0 Å². The van der Waals surface area contributed by atoms with Crippen molar-refractivity contribution < 1.29 is 68.8 Å². The lowest BCUT2D eigenvalue weighted by molar-refractivity contribution is -0.170. The molecule has 24 nitrogen and oxygen atoms in total. The lowest BCUT2D eigenvalue weighted by atomic mass is 10.1.